The predicted octanol–water partition coefficient (Wildman–Crippen LogP) is 2.87. The van der Waals surface area contributed by atoms with Crippen molar-refractivity contribution in [3.8, 4) is 5.75 Å². The van der Waals surface area contributed by atoms with Crippen molar-refractivity contribution in [2.45, 2.75) is 13.5 Å². The monoisotopic (exact) mass is 194 g/mol. The van der Waals surface area contributed by atoms with Gasteiger partial charge >= 0.3 is 6.61 Å². The van der Waals surface area contributed by atoms with Gasteiger partial charge in [0.1, 0.15) is 5.75 Å². The first-order valence-corrected chi connectivity index (χ1v) is 3.41. The van der Waals surface area contributed by atoms with Crippen LogP contribution in [0.1, 0.15) is 5.56 Å². The number of rotatable bonds is 2. The van der Waals surface area contributed by atoms with Gasteiger partial charge in [0.05, 0.1) is 0 Å². The molecule has 0 N–H and O–H groups in total. The van der Waals surface area contributed by atoms with Crippen molar-refractivity contribution in [1.82, 2.24) is 0 Å². The molecule has 0 spiro atoms. The van der Waals surface area contributed by atoms with Crippen LogP contribution in [0.5, 0.6) is 5.75 Å². The predicted molar refractivity (Wildman–Crippen MR) is 37.7 cm³/mol. The highest BCUT2D eigenvalue weighted by Crippen LogP contribution is 2.23. The molecule has 1 aromatic carbocycles. The normalized spacial score (nSPS) is 10.6. The lowest BCUT2D eigenvalue weighted by molar-refractivity contribution is -0.0505. The summed E-state index contributed by atoms with van der Waals surface area (Å²) in [4.78, 5) is 0. The summed E-state index contributed by atoms with van der Waals surface area (Å²) in [6.07, 6.45) is 0. The van der Waals surface area contributed by atoms with Crippen LogP contribution in [0, 0.1) is 18.6 Å². The quantitative estimate of drug-likeness (QED) is 0.657. The fourth-order valence-electron chi connectivity index (χ4n) is 0.858. The fraction of sp³-hybridized carbons (Fsp3) is 0.250. The van der Waals surface area contributed by atoms with Gasteiger partial charge in [-0.05, 0) is 19.1 Å². The van der Waals surface area contributed by atoms with E-state index in [1.54, 1.807) is 0 Å². The molecule has 1 rings (SSSR count). The summed E-state index contributed by atoms with van der Waals surface area (Å²) in [7, 11) is 0. The Morgan fingerprint density at radius 2 is 1.85 bits per heavy atom. The smallest absolute Gasteiger partial charge is 0.387 e. The van der Waals surface area contributed by atoms with Gasteiger partial charge in [-0.15, -0.1) is 0 Å². The number of hydrogen-bond donors (Lipinski definition) is 0. The summed E-state index contributed by atoms with van der Waals surface area (Å²) in [6, 6.07) is 1.69. The third-order valence-electron chi connectivity index (χ3n) is 1.51. The van der Waals surface area contributed by atoms with Gasteiger partial charge in [-0.3, -0.25) is 0 Å². The van der Waals surface area contributed by atoms with Gasteiger partial charge < -0.3 is 4.74 Å². The van der Waals surface area contributed by atoms with E-state index < -0.39 is 18.2 Å². The Morgan fingerprint density at radius 3 is 2.38 bits per heavy atom. The third kappa shape index (κ3) is 2.11. The summed E-state index contributed by atoms with van der Waals surface area (Å²) in [5.74, 6) is -2.61. The summed E-state index contributed by atoms with van der Waals surface area (Å²) in [6.45, 7) is -1.88. The van der Waals surface area contributed by atoms with E-state index in [1.165, 1.54) is 0 Å². The van der Waals surface area contributed by atoms with Gasteiger partial charge in [0.2, 0.25) is 0 Å². The van der Waals surface area contributed by atoms with Crippen molar-refractivity contribution in [2.75, 3.05) is 0 Å². The molecule has 0 saturated carbocycles. The van der Waals surface area contributed by atoms with Gasteiger partial charge in [-0.1, -0.05) is 0 Å². The highest BCUT2D eigenvalue weighted by molar-refractivity contribution is 5.34. The molecule has 0 aliphatic heterocycles. The number of halogens is 4. The van der Waals surface area contributed by atoms with Crippen molar-refractivity contribution < 1.29 is 22.3 Å². The molecular weight excluding hydrogens is 188 g/mol. The fourth-order valence-corrected chi connectivity index (χ4v) is 0.858. The van der Waals surface area contributed by atoms with Crippen molar-refractivity contribution in [3.05, 3.63) is 29.3 Å². The average Bonchev–Trinajstić information content (AvgIpc) is 2.06. The van der Waals surface area contributed by atoms with E-state index >= 15 is 0 Å². The van der Waals surface area contributed by atoms with Crippen LogP contribution in [0.3, 0.4) is 0 Å². The van der Waals surface area contributed by atoms with Gasteiger partial charge in [0.15, 0.2) is 11.6 Å². The standard InChI is InChI=1S/C8H6F4O/c1-4-6(13-8(11)12)3-2-5(9)7(4)10/h2-3,8H,1H3. The molecule has 0 atom stereocenters. The van der Waals surface area contributed by atoms with Crippen LogP contribution >= 0.6 is 0 Å². The second kappa shape index (κ2) is 3.64. The highest BCUT2D eigenvalue weighted by atomic mass is 19.3. The summed E-state index contributed by atoms with van der Waals surface area (Å²) in [5.41, 5.74) is -0.264. The Bertz CT molecular complexity index is 311. The van der Waals surface area contributed by atoms with Crippen molar-refractivity contribution in [1.29, 1.82) is 0 Å². The summed E-state index contributed by atoms with van der Waals surface area (Å²) >= 11 is 0. The Hall–Kier alpha value is -1.26. The maximum absolute atomic E-state index is 12.7. The minimum absolute atomic E-state index is 0.264. The Kier molecular flexibility index (Phi) is 2.75. The number of hydrogen-bond acceptors (Lipinski definition) is 1. The molecule has 1 aromatic rings. The number of alkyl halides is 2. The Labute approximate surface area is 71.9 Å². The zero-order chi connectivity index (χ0) is 10.0. The third-order valence-corrected chi connectivity index (χ3v) is 1.51. The summed E-state index contributed by atoms with van der Waals surface area (Å²) in [5, 5.41) is 0. The van der Waals surface area contributed by atoms with Crippen molar-refractivity contribution >= 4 is 0 Å². The minimum Gasteiger partial charge on any atom is -0.434 e. The molecule has 0 heterocycles. The van der Waals surface area contributed by atoms with Gasteiger partial charge in [-0.25, -0.2) is 8.78 Å². The lowest BCUT2D eigenvalue weighted by atomic mass is 10.2. The highest BCUT2D eigenvalue weighted by Gasteiger charge is 2.13. The first-order chi connectivity index (χ1) is 6.02. The molecule has 0 fully saturated rings. The van der Waals surface area contributed by atoms with Crippen LogP contribution < -0.4 is 4.74 Å². The first-order valence-electron chi connectivity index (χ1n) is 3.41. The molecule has 0 bridgehead atoms. The molecule has 72 valence electrons. The molecule has 0 aliphatic carbocycles. The van der Waals surface area contributed by atoms with Crippen molar-refractivity contribution in [3.63, 3.8) is 0 Å². The van der Waals surface area contributed by atoms with Gasteiger partial charge in [0.25, 0.3) is 0 Å². The van der Waals surface area contributed by atoms with E-state index in [0.29, 0.717) is 0 Å². The van der Waals surface area contributed by atoms with Crippen LogP contribution in [0.2, 0.25) is 0 Å². The lowest BCUT2D eigenvalue weighted by Crippen LogP contribution is -2.04. The van der Waals surface area contributed by atoms with Crippen LogP contribution in [-0.4, -0.2) is 6.61 Å². The van der Waals surface area contributed by atoms with E-state index in [2.05, 4.69) is 4.74 Å². The van der Waals surface area contributed by atoms with Gasteiger partial charge in [0, 0.05) is 5.56 Å². The van der Waals surface area contributed by atoms with E-state index in [4.69, 9.17) is 0 Å². The molecule has 0 aromatic heterocycles. The van der Waals surface area contributed by atoms with Crippen LogP contribution in [0.15, 0.2) is 12.1 Å². The maximum atomic E-state index is 12.7. The maximum Gasteiger partial charge on any atom is 0.387 e. The van der Waals surface area contributed by atoms with E-state index in [-0.39, 0.29) is 11.3 Å². The van der Waals surface area contributed by atoms with Gasteiger partial charge in [-0.2, -0.15) is 8.78 Å². The number of benzene rings is 1. The Balaban J connectivity index is 3.04. The zero-order valence-electron chi connectivity index (χ0n) is 6.65. The van der Waals surface area contributed by atoms with Crippen LogP contribution in [0.25, 0.3) is 0 Å². The summed E-state index contributed by atoms with van der Waals surface area (Å²) < 4.78 is 52.6. The second-order valence-corrected chi connectivity index (χ2v) is 2.36. The molecule has 0 saturated heterocycles. The molecular formula is C8H6F4O. The Morgan fingerprint density at radius 1 is 1.23 bits per heavy atom. The second-order valence-electron chi connectivity index (χ2n) is 2.36. The average molecular weight is 194 g/mol. The van der Waals surface area contributed by atoms with Crippen LogP contribution in [0.4, 0.5) is 17.6 Å². The van der Waals surface area contributed by atoms with Crippen molar-refractivity contribution in [2.24, 2.45) is 0 Å². The number of ether oxygens (including phenoxy) is 1. The minimum atomic E-state index is -3.04. The first kappa shape index (κ1) is 9.83. The molecule has 0 radical (unpaired) electrons. The van der Waals surface area contributed by atoms with Crippen LogP contribution in [-0.2, 0) is 0 Å². The van der Waals surface area contributed by atoms with E-state index in [0.717, 1.165) is 19.1 Å². The topological polar surface area (TPSA) is 9.23 Å². The molecule has 0 aliphatic rings. The SMILES string of the molecule is Cc1c(OC(F)F)ccc(F)c1F. The molecule has 1 nitrogen and oxygen atoms in total. The molecule has 13 heavy (non-hydrogen) atoms. The zero-order valence-corrected chi connectivity index (χ0v) is 6.65. The molecule has 0 amide bonds. The van der Waals surface area contributed by atoms with E-state index in [1.807, 2.05) is 0 Å². The molecule has 0 unspecified atom stereocenters. The van der Waals surface area contributed by atoms with E-state index in [9.17, 15) is 17.6 Å². The lowest BCUT2D eigenvalue weighted by Gasteiger charge is -2.08. The largest absolute Gasteiger partial charge is 0.434 e. The molecule has 5 heteroatoms.